The molecule has 0 aliphatic carbocycles. The lowest BCUT2D eigenvalue weighted by Gasteiger charge is -2.16. The topological polar surface area (TPSA) is 86.9 Å². The highest BCUT2D eigenvalue weighted by molar-refractivity contribution is 14.1. The van der Waals surface area contributed by atoms with Crippen LogP contribution in [0.5, 0.6) is 0 Å². The second kappa shape index (κ2) is 6.70. The molecule has 0 fully saturated rings. The zero-order chi connectivity index (χ0) is 15.4. The van der Waals surface area contributed by atoms with Crippen LogP contribution in [-0.2, 0) is 4.79 Å². The van der Waals surface area contributed by atoms with Crippen LogP contribution in [0, 0.1) is 3.57 Å². The van der Waals surface area contributed by atoms with Gasteiger partial charge in [0.1, 0.15) is 9.39 Å². The molecule has 0 aliphatic heterocycles. The van der Waals surface area contributed by atoms with Crippen molar-refractivity contribution in [3.05, 3.63) is 50.1 Å². The first-order valence-electron chi connectivity index (χ1n) is 6.34. The molecule has 7 heteroatoms. The minimum Gasteiger partial charge on any atom is -0.362 e. The Morgan fingerprint density at radius 3 is 2.90 bits per heavy atom. The molecule has 0 aliphatic rings. The van der Waals surface area contributed by atoms with E-state index in [1.54, 1.807) is 0 Å². The third-order valence-electron chi connectivity index (χ3n) is 2.86. The lowest BCUT2D eigenvalue weighted by molar-refractivity contribution is -0.114. The number of rotatable bonds is 4. The molecule has 1 aromatic heterocycles. The normalized spacial score (nSPS) is 11.8. The number of anilines is 2. The molecular weight excluding hydrogens is 383 g/mol. The quantitative estimate of drug-likeness (QED) is 0.691. The lowest BCUT2D eigenvalue weighted by Crippen LogP contribution is -2.17. The van der Waals surface area contributed by atoms with Gasteiger partial charge in [-0.1, -0.05) is 12.1 Å². The molecule has 0 spiro atoms. The highest BCUT2D eigenvalue weighted by Crippen LogP contribution is 2.22. The summed E-state index contributed by atoms with van der Waals surface area (Å²) >= 11 is 1.95. The smallest absolute Gasteiger partial charge is 0.266 e. The van der Waals surface area contributed by atoms with Crippen LogP contribution in [0.2, 0.25) is 0 Å². The third kappa shape index (κ3) is 4.03. The van der Waals surface area contributed by atoms with Crippen LogP contribution in [0.3, 0.4) is 0 Å². The van der Waals surface area contributed by atoms with Crippen LogP contribution in [0.1, 0.15) is 25.5 Å². The number of amides is 1. The SMILES string of the molecule is CC(=O)Nc1cccc(C(C)Nc2nc[nH]c(=O)c2I)c1. The van der Waals surface area contributed by atoms with E-state index in [-0.39, 0.29) is 17.5 Å². The number of halogens is 1. The van der Waals surface area contributed by atoms with Gasteiger partial charge < -0.3 is 15.6 Å². The fourth-order valence-corrected chi connectivity index (χ4v) is 2.31. The van der Waals surface area contributed by atoms with Crippen LogP contribution in [-0.4, -0.2) is 15.9 Å². The molecule has 1 aromatic carbocycles. The number of hydrogen-bond acceptors (Lipinski definition) is 4. The Morgan fingerprint density at radius 2 is 2.19 bits per heavy atom. The van der Waals surface area contributed by atoms with E-state index in [9.17, 15) is 9.59 Å². The summed E-state index contributed by atoms with van der Waals surface area (Å²) < 4.78 is 0.514. The van der Waals surface area contributed by atoms with Gasteiger partial charge in [0.15, 0.2) is 0 Å². The Hall–Kier alpha value is -1.90. The van der Waals surface area contributed by atoms with Crippen molar-refractivity contribution in [2.75, 3.05) is 10.6 Å². The predicted octanol–water partition coefficient (Wildman–Crippen LogP) is 2.51. The van der Waals surface area contributed by atoms with Crippen molar-refractivity contribution in [3.8, 4) is 0 Å². The van der Waals surface area contributed by atoms with Crippen molar-refractivity contribution in [1.29, 1.82) is 0 Å². The highest BCUT2D eigenvalue weighted by atomic mass is 127. The first-order valence-corrected chi connectivity index (χ1v) is 7.42. The van der Waals surface area contributed by atoms with Gasteiger partial charge in [0.2, 0.25) is 5.91 Å². The summed E-state index contributed by atoms with van der Waals surface area (Å²) in [5, 5.41) is 5.94. The second-order valence-corrected chi connectivity index (χ2v) is 5.65. The third-order valence-corrected chi connectivity index (χ3v) is 3.86. The summed E-state index contributed by atoms with van der Waals surface area (Å²) in [5.41, 5.74) is 1.55. The zero-order valence-corrected chi connectivity index (χ0v) is 13.8. The summed E-state index contributed by atoms with van der Waals surface area (Å²) in [5.74, 6) is 0.426. The van der Waals surface area contributed by atoms with Crippen LogP contribution in [0.15, 0.2) is 35.4 Å². The molecule has 1 unspecified atom stereocenters. The summed E-state index contributed by atoms with van der Waals surface area (Å²) in [6.45, 7) is 3.43. The average Bonchev–Trinajstić information content (AvgIpc) is 2.43. The Labute approximate surface area is 135 Å². The van der Waals surface area contributed by atoms with Gasteiger partial charge >= 0.3 is 0 Å². The Balaban J connectivity index is 2.20. The van der Waals surface area contributed by atoms with Crippen molar-refractivity contribution in [2.45, 2.75) is 19.9 Å². The van der Waals surface area contributed by atoms with Crippen molar-refractivity contribution >= 4 is 40.0 Å². The zero-order valence-electron chi connectivity index (χ0n) is 11.6. The number of hydrogen-bond donors (Lipinski definition) is 3. The van der Waals surface area contributed by atoms with Crippen LogP contribution in [0.4, 0.5) is 11.5 Å². The maximum Gasteiger partial charge on any atom is 0.266 e. The molecule has 2 rings (SSSR count). The van der Waals surface area contributed by atoms with E-state index in [0.29, 0.717) is 9.39 Å². The van der Waals surface area contributed by atoms with E-state index >= 15 is 0 Å². The van der Waals surface area contributed by atoms with Gasteiger partial charge in [-0.2, -0.15) is 0 Å². The van der Waals surface area contributed by atoms with Crippen LogP contribution < -0.4 is 16.2 Å². The van der Waals surface area contributed by atoms with Gasteiger partial charge in [0.05, 0.1) is 12.4 Å². The Kier molecular flexibility index (Phi) is 4.94. The molecular formula is C14H15IN4O2. The van der Waals surface area contributed by atoms with Crippen LogP contribution >= 0.6 is 22.6 Å². The first kappa shape index (κ1) is 15.5. The minimum absolute atomic E-state index is 0.0541. The van der Waals surface area contributed by atoms with Crippen molar-refractivity contribution in [2.24, 2.45) is 0 Å². The number of H-pyrrole nitrogens is 1. The minimum atomic E-state index is -0.174. The molecule has 0 saturated carbocycles. The van der Waals surface area contributed by atoms with E-state index in [1.807, 2.05) is 53.8 Å². The number of carbonyl (C=O) groups is 1. The van der Waals surface area contributed by atoms with Gasteiger partial charge in [-0.05, 0) is 47.2 Å². The molecule has 6 nitrogen and oxygen atoms in total. The number of carbonyl (C=O) groups excluding carboxylic acids is 1. The molecule has 1 amide bonds. The van der Waals surface area contributed by atoms with Gasteiger partial charge in [-0.25, -0.2) is 4.98 Å². The highest BCUT2D eigenvalue weighted by Gasteiger charge is 2.11. The summed E-state index contributed by atoms with van der Waals surface area (Å²) in [4.78, 5) is 29.3. The van der Waals surface area contributed by atoms with E-state index in [0.717, 1.165) is 11.3 Å². The summed E-state index contributed by atoms with van der Waals surface area (Å²) in [6, 6.07) is 7.48. The summed E-state index contributed by atoms with van der Waals surface area (Å²) in [6.07, 6.45) is 1.37. The fraction of sp³-hybridized carbons (Fsp3) is 0.214. The number of nitrogens with zero attached hydrogens (tertiary/aromatic N) is 1. The van der Waals surface area contributed by atoms with E-state index in [4.69, 9.17) is 0 Å². The van der Waals surface area contributed by atoms with E-state index < -0.39 is 0 Å². The maximum atomic E-state index is 11.5. The van der Waals surface area contributed by atoms with Crippen molar-refractivity contribution in [3.63, 3.8) is 0 Å². The predicted molar refractivity (Wildman–Crippen MR) is 90.4 cm³/mol. The van der Waals surface area contributed by atoms with Crippen molar-refractivity contribution < 1.29 is 4.79 Å². The standard InChI is InChI=1S/C14H15IN4O2/c1-8(18-13-12(15)14(21)17-7-16-13)10-4-3-5-11(6-10)19-9(2)20/h3-8H,1-2H3,(H,19,20)(H2,16,17,18,21). The number of benzene rings is 1. The molecule has 1 heterocycles. The molecule has 0 bridgehead atoms. The molecule has 21 heavy (non-hydrogen) atoms. The second-order valence-electron chi connectivity index (χ2n) is 4.57. The van der Waals surface area contributed by atoms with Crippen LogP contribution in [0.25, 0.3) is 0 Å². The fourth-order valence-electron chi connectivity index (χ4n) is 1.86. The number of nitrogens with one attached hydrogen (secondary N) is 3. The molecule has 0 radical (unpaired) electrons. The van der Waals surface area contributed by atoms with Gasteiger partial charge in [0.25, 0.3) is 5.56 Å². The molecule has 1 atom stereocenters. The average molecular weight is 398 g/mol. The van der Waals surface area contributed by atoms with E-state index in [2.05, 4.69) is 20.6 Å². The van der Waals surface area contributed by atoms with Gasteiger partial charge in [0, 0.05) is 12.6 Å². The number of aromatic amines is 1. The molecule has 3 N–H and O–H groups in total. The molecule has 0 saturated heterocycles. The Bertz CT molecular complexity index is 714. The van der Waals surface area contributed by atoms with E-state index in [1.165, 1.54) is 13.3 Å². The number of aromatic nitrogens is 2. The largest absolute Gasteiger partial charge is 0.362 e. The molecule has 2 aromatic rings. The monoisotopic (exact) mass is 398 g/mol. The first-order chi connectivity index (χ1) is 9.97. The van der Waals surface area contributed by atoms with Gasteiger partial charge in [-0.3, -0.25) is 9.59 Å². The summed E-state index contributed by atoms with van der Waals surface area (Å²) in [7, 11) is 0. The van der Waals surface area contributed by atoms with Crippen molar-refractivity contribution in [1.82, 2.24) is 9.97 Å². The Morgan fingerprint density at radius 1 is 1.43 bits per heavy atom. The lowest BCUT2D eigenvalue weighted by atomic mass is 10.1. The van der Waals surface area contributed by atoms with Gasteiger partial charge in [-0.15, -0.1) is 0 Å². The maximum absolute atomic E-state index is 11.5. The molecule has 110 valence electrons.